The lowest BCUT2D eigenvalue weighted by Gasteiger charge is -2.27. The third kappa shape index (κ3) is 35.5. The minimum absolute atomic E-state index is 0.338. The first kappa shape index (κ1) is 51.0. The SMILES string of the molecule is CCCCC/C=C\C=C/CCCCCCCC(O)C(=O)NC(CO)C(O)C(O)CCC/C=C/CC/C=C/CC/C=C/CCCCCCCCCCCC. The Bertz CT molecular complexity index is 926. The summed E-state index contributed by atoms with van der Waals surface area (Å²) in [4.78, 5) is 12.5. The van der Waals surface area contributed by atoms with Crippen LogP contribution in [0.25, 0.3) is 0 Å². The third-order valence-corrected chi connectivity index (χ3v) is 9.93. The van der Waals surface area contributed by atoms with Gasteiger partial charge in [-0.1, -0.05) is 171 Å². The predicted octanol–water partition coefficient (Wildman–Crippen LogP) is 11.7. The van der Waals surface area contributed by atoms with Crippen LogP contribution in [0.4, 0.5) is 0 Å². The number of allylic oxidation sites excluding steroid dienone is 10. The lowest BCUT2D eigenvalue weighted by molar-refractivity contribution is -0.132. The van der Waals surface area contributed by atoms with E-state index < -0.39 is 36.9 Å². The lowest BCUT2D eigenvalue weighted by atomic mass is 10.00. The molecule has 1 amide bonds. The van der Waals surface area contributed by atoms with Gasteiger partial charge in [0.05, 0.1) is 18.8 Å². The van der Waals surface area contributed by atoms with Crippen LogP contribution in [-0.2, 0) is 4.79 Å². The lowest BCUT2D eigenvalue weighted by Crippen LogP contribution is -2.53. The Balaban J connectivity index is 3.85. The van der Waals surface area contributed by atoms with Crippen LogP contribution in [0.2, 0.25) is 0 Å². The number of unbranched alkanes of at least 4 members (excludes halogenated alkanes) is 21. The van der Waals surface area contributed by atoms with Gasteiger partial charge < -0.3 is 25.7 Å². The second-order valence-corrected chi connectivity index (χ2v) is 15.0. The minimum atomic E-state index is -1.30. The zero-order valence-electron chi connectivity index (χ0n) is 34.5. The van der Waals surface area contributed by atoms with Gasteiger partial charge in [0.1, 0.15) is 12.2 Å². The molecule has 0 heterocycles. The molecular formula is C47H85NO5. The summed E-state index contributed by atoms with van der Waals surface area (Å²) >= 11 is 0. The summed E-state index contributed by atoms with van der Waals surface area (Å²) < 4.78 is 0. The van der Waals surface area contributed by atoms with Crippen molar-refractivity contribution >= 4 is 5.91 Å². The monoisotopic (exact) mass is 744 g/mol. The molecule has 6 nitrogen and oxygen atoms in total. The number of carbonyl (C=O) groups is 1. The number of aliphatic hydroxyl groups excluding tert-OH is 4. The molecule has 0 aliphatic carbocycles. The fourth-order valence-corrected chi connectivity index (χ4v) is 6.37. The zero-order chi connectivity index (χ0) is 38.9. The van der Waals surface area contributed by atoms with Gasteiger partial charge in [0.15, 0.2) is 0 Å². The Labute approximate surface area is 327 Å². The van der Waals surface area contributed by atoms with Gasteiger partial charge in [-0.25, -0.2) is 0 Å². The van der Waals surface area contributed by atoms with Crippen molar-refractivity contribution in [1.29, 1.82) is 0 Å². The molecule has 0 saturated carbocycles. The highest BCUT2D eigenvalue weighted by atomic mass is 16.3. The van der Waals surface area contributed by atoms with Gasteiger partial charge in [-0.3, -0.25) is 4.79 Å². The summed E-state index contributed by atoms with van der Waals surface area (Å²) in [5, 5.41) is 43.6. The van der Waals surface area contributed by atoms with Crippen LogP contribution >= 0.6 is 0 Å². The maximum Gasteiger partial charge on any atom is 0.249 e. The number of carbonyl (C=O) groups excluding carboxylic acids is 1. The fourth-order valence-electron chi connectivity index (χ4n) is 6.37. The molecule has 4 atom stereocenters. The molecule has 0 aromatic carbocycles. The van der Waals surface area contributed by atoms with Crippen molar-refractivity contribution in [2.45, 2.75) is 224 Å². The average molecular weight is 744 g/mol. The number of amides is 1. The normalized spacial score (nSPS) is 14.8. The van der Waals surface area contributed by atoms with Crippen LogP contribution in [0.15, 0.2) is 60.8 Å². The molecule has 6 heteroatoms. The second kappa shape index (κ2) is 41.2. The van der Waals surface area contributed by atoms with E-state index in [2.05, 4.69) is 79.9 Å². The Hall–Kier alpha value is -1.99. The number of hydrogen-bond acceptors (Lipinski definition) is 5. The van der Waals surface area contributed by atoms with Gasteiger partial charge in [-0.15, -0.1) is 0 Å². The molecule has 4 unspecified atom stereocenters. The summed E-state index contributed by atoms with van der Waals surface area (Å²) in [6.07, 6.45) is 51.1. The first-order chi connectivity index (χ1) is 26.0. The number of hydrogen-bond donors (Lipinski definition) is 5. The highest BCUT2D eigenvalue weighted by molar-refractivity contribution is 5.80. The van der Waals surface area contributed by atoms with Crippen molar-refractivity contribution < 1.29 is 25.2 Å². The topological polar surface area (TPSA) is 110 Å². The Kier molecular flexibility index (Phi) is 39.6. The molecule has 0 aromatic heterocycles. The average Bonchev–Trinajstić information content (AvgIpc) is 3.16. The maximum absolute atomic E-state index is 12.5. The summed E-state index contributed by atoms with van der Waals surface area (Å²) in [5.41, 5.74) is 0. The van der Waals surface area contributed by atoms with Crippen molar-refractivity contribution in [1.82, 2.24) is 5.32 Å². The van der Waals surface area contributed by atoms with Crippen molar-refractivity contribution in [2.24, 2.45) is 0 Å². The van der Waals surface area contributed by atoms with Gasteiger partial charge in [0.2, 0.25) is 5.91 Å². The van der Waals surface area contributed by atoms with Crippen LogP contribution in [0.1, 0.15) is 200 Å². The zero-order valence-corrected chi connectivity index (χ0v) is 34.5. The van der Waals surface area contributed by atoms with E-state index >= 15 is 0 Å². The molecule has 0 radical (unpaired) electrons. The van der Waals surface area contributed by atoms with Gasteiger partial charge in [0.25, 0.3) is 0 Å². The molecule has 5 N–H and O–H groups in total. The summed E-state index contributed by atoms with van der Waals surface area (Å²) in [5.74, 6) is -0.615. The Morgan fingerprint density at radius 3 is 1.34 bits per heavy atom. The van der Waals surface area contributed by atoms with Crippen LogP contribution in [0, 0.1) is 0 Å². The first-order valence-electron chi connectivity index (χ1n) is 22.2. The molecule has 0 aliphatic heterocycles. The van der Waals surface area contributed by atoms with E-state index in [0.29, 0.717) is 19.3 Å². The molecular weight excluding hydrogens is 659 g/mol. The molecule has 308 valence electrons. The van der Waals surface area contributed by atoms with Crippen LogP contribution in [-0.4, -0.2) is 57.3 Å². The summed E-state index contributed by atoms with van der Waals surface area (Å²) in [7, 11) is 0. The summed E-state index contributed by atoms with van der Waals surface area (Å²) in [6.45, 7) is 3.98. The van der Waals surface area contributed by atoms with Gasteiger partial charge >= 0.3 is 0 Å². The third-order valence-electron chi connectivity index (χ3n) is 9.93. The van der Waals surface area contributed by atoms with Gasteiger partial charge in [0, 0.05) is 0 Å². The smallest absolute Gasteiger partial charge is 0.249 e. The largest absolute Gasteiger partial charge is 0.394 e. The van der Waals surface area contributed by atoms with E-state index in [1.54, 1.807) is 0 Å². The van der Waals surface area contributed by atoms with Crippen molar-refractivity contribution in [3.8, 4) is 0 Å². The molecule has 0 saturated heterocycles. The fraction of sp³-hybridized carbons (Fsp3) is 0.766. The second-order valence-electron chi connectivity index (χ2n) is 15.0. The highest BCUT2D eigenvalue weighted by Gasteiger charge is 2.28. The number of rotatable bonds is 39. The van der Waals surface area contributed by atoms with Crippen molar-refractivity contribution in [2.75, 3.05) is 6.61 Å². The molecule has 0 aromatic rings. The quantitative estimate of drug-likeness (QED) is 0.0245. The van der Waals surface area contributed by atoms with E-state index in [9.17, 15) is 25.2 Å². The van der Waals surface area contributed by atoms with Crippen LogP contribution in [0.5, 0.6) is 0 Å². The van der Waals surface area contributed by atoms with E-state index in [4.69, 9.17) is 0 Å². The van der Waals surface area contributed by atoms with Gasteiger partial charge in [-0.05, 0) is 89.9 Å². The first-order valence-corrected chi connectivity index (χ1v) is 22.2. The minimum Gasteiger partial charge on any atom is -0.394 e. The van der Waals surface area contributed by atoms with Crippen molar-refractivity contribution in [3.63, 3.8) is 0 Å². The maximum atomic E-state index is 12.5. The predicted molar refractivity (Wildman–Crippen MR) is 228 cm³/mol. The van der Waals surface area contributed by atoms with E-state index in [-0.39, 0.29) is 0 Å². The molecule has 0 aliphatic rings. The molecule has 0 fully saturated rings. The molecule has 53 heavy (non-hydrogen) atoms. The van der Waals surface area contributed by atoms with E-state index in [1.165, 1.54) is 89.9 Å². The summed E-state index contributed by atoms with van der Waals surface area (Å²) in [6, 6.07) is -1.02. The van der Waals surface area contributed by atoms with E-state index in [1.807, 2.05) is 0 Å². The van der Waals surface area contributed by atoms with E-state index in [0.717, 1.165) is 77.0 Å². The standard InChI is InChI=1S/C47H85NO5/c1-3-5-7-9-11-13-15-17-19-20-21-22-23-24-25-26-27-29-30-32-34-36-38-40-44(50)46(52)43(42-49)48-47(53)45(51)41-39-37-35-33-31-28-18-16-14-12-10-8-6-4-2/h12,14,16,18,22-23,26-27,32,34,43-46,49-52H,3-11,13,15,17,19-21,24-25,28-31,33,35-42H2,1-2H3,(H,48,53)/b14-12-,18-16-,23-22+,27-26+,34-32+. The Morgan fingerprint density at radius 1 is 0.472 bits per heavy atom. The molecule has 0 rings (SSSR count). The molecule has 0 bridgehead atoms. The number of nitrogens with one attached hydrogen (secondary N) is 1. The van der Waals surface area contributed by atoms with Gasteiger partial charge in [-0.2, -0.15) is 0 Å². The number of aliphatic hydroxyl groups is 4. The molecule has 0 spiro atoms. The van der Waals surface area contributed by atoms with Crippen molar-refractivity contribution in [3.05, 3.63) is 60.8 Å². The highest BCUT2D eigenvalue weighted by Crippen LogP contribution is 2.14. The Morgan fingerprint density at radius 2 is 0.849 bits per heavy atom. The van der Waals surface area contributed by atoms with Crippen LogP contribution in [0.3, 0.4) is 0 Å². The van der Waals surface area contributed by atoms with Crippen LogP contribution < -0.4 is 5.32 Å².